The van der Waals surface area contributed by atoms with E-state index in [-0.39, 0.29) is 11.2 Å². The van der Waals surface area contributed by atoms with Crippen LogP contribution in [0.2, 0.25) is 0 Å². The summed E-state index contributed by atoms with van der Waals surface area (Å²) in [5.41, 5.74) is 3.59. The molecule has 0 saturated carbocycles. The van der Waals surface area contributed by atoms with E-state index >= 15 is 0 Å². The standard InChI is InChI=1S/C17H19BrFN/c1-17(2,3)13-6-4-12(5-7-13)11-20-16-9-8-14(19)10-15(16)18/h4-10,20H,11H2,1-3H3. The monoisotopic (exact) mass is 335 g/mol. The molecule has 0 aliphatic carbocycles. The molecular weight excluding hydrogens is 317 g/mol. The second kappa shape index (κ2) is 5.96. The summed E-state index contributed by atoms with van der Waals surface area (Å²) >= 11 is 3.36. The predicted octanol–water partition coefficient (Wildman–Crippen LogP) is 5.50. The van der Waals surface area contributed by atoms with Gasteiger partial charge < -0.3 is 5.32 Å². The molecule has 0 saturated heterocycles. The normalized spacial score (nSPS) is 11.4. The van der Waals surface area contributed by atoms with Gasteiger partial charge in [-0.2, -0.15) is 0 Å². The van der Waals surface area contributed by atoms with Gasteiger partial charge >= 0.3 is 0 Å². The second-order valence-corrected chi connectivity index (χ2v) is 6.78. The van der Waals surface area contributed by atoms with E-state index in [1.54, 1.807) is 6.07 Å². The molecule has 0 aliphatic rings. The van der Waals surface area contributed by atoms with Gasteiger partial charge in [0, 0.05) is 16.7 Å². The topological polar surface area (TPSA) is 12.0 Å². The molecule has 2 aromatic rings. The Morgan fingerprint density at radius 3 is 2.25 bits per heavy atom. The Labute approximate surface area is 128 Å². The van der Waals surface area contributed by atoms with Crippen LogP contribution in [-0.4, -0.2) is 0 Å². The zero-order valence-corrected chi connectivity index (χ0v) is 13.6. The maximum absolute atomic E-state index is 13.0. The summed E-state index contributed by atoms with van der Waals surface area (Å²) in [7, 11) is 0. The van der Waals surface area contributed by atoms with Crippen molar-refractivity contribution in [2.24, 2.45) is 0 Å². The summed E-state index contributed by atoms with van der Waals surface area (Å²) in [5, 5.41) is 3.30. The third-order valence-corrected chi connectivity index (χ3v) is 3.89. The Bertz CT molecular complexity index is 585. The van der Waals surface area contributed by atoms with Crippen LogP contribution in [0.25, 0.3) is 0 Å². The van der Waals surface area contributed by atoms with Gasteiger partial charge in [-0.15, -0.1) is 0 Å². The van der Waals surface area contributed by atoms with E-state index < -0.39 is 0 Å². The van der Waals surface area contributed by atoms with Crippen molar-refractivity contribution >= 4 is 21.6 Å². The maximum atomic E-state index is 13.0. The van der Waals surface area contributed by atoms with E-state index in [1.165, 1.54) is 23.3 Å². The highest BCUT2D eigenvalue weighted by atomic mass is 79.9. The molecule has 0 heterocycles. The fourth-order valence-electron chi connectivity index (χ4n) is 1.95. The highest BCUT2D eigenvalue weighted by Crippen LogP contribution is 2.25. The summed E-state index contributed by atoms with van der Waals surface area (Å²) in [5.74, 6) is -0.239. The predicted molar refractivity (Wildman–Crippen MR) is 86.6 cm³/mol. The number of nitrogens with one attached hydrogen (secondary N) is 1. The van der Waals surface area contributed by atoms with Gasteiger partial charge in [-0.3, -0.25) is 0 Å². The van der Waals surface area contributed by atoms with Crippen LogP contribution in [0.15, 0.2) is 46.9 Å². The Morgan fingerprint density at radius 2 is 1.70 bits per heavy atom. The quantitative estimate of drug-likeness (QED) is 0.781. The van der Waals surface area contributed by atoms with Crippen molar-refractivity contribution in [2.75, 3.05) is 5.32 Å². The van der Waals surface area contributed by atoms with Crippen molar-refractivity contribution in [2.45, 2.75) is 32.7 Å². The number of hydrogen-bond donors (Lipinski definition) is 1. The summed E-state index contributed by atoms with van der Waals surface area (Å²) in [6, 6.07) is 13.2. The Hall–Kier alpha value is -1.35. The van der Waals surface area contributed by atoms with Crippen LogP contribution in [0.5, 0.6) is 0 Å². The molecule has 0 amide bonds. The average molecular weight is 336 g/mol. The van der Waals surface area contributed by atoms with Gasteiger partial charge in [0.05, 0.1) is 0 Å². The summed E-state index contributed by atoms with van der Waals surface area (Å²) in [6.07, 6.45) is 0. The zero-order valence-electron chi connectivity index (χ0n) is 12.0. The van der Waals surface area contributed by atoms with Crippen molar-refractivity contribution in [1.82, 2.24) is 0 Å². The molecule has 3 heteroatoms. The highest BCUT2D eigenvalue weighted by molar-refractivity contribution is 9.10. The largest absolute Gasteiger partial charge is 0.380 e. The SMILES string of the molecule is CC(C)(C)c1ccc(CNc2ccc(F)cc2Br)cc1. The smallest absolute Gasteiger partial charge is 0.124 e. The fourth-order valence-corrected chi connectivity index (χ4v) is 2.44. The first-order chi connectivity index (χ1) is 9.36. The van der Waals surface area contributed by atoms with Gasteiger partial charge in [-0.25, -0.2) is 4.39 Å². The first-order valence-electron chi connectivity index (χ1n) is 6.64. The summed E-state index contributed by atoms with van der Waals surface area (Å²) in [4.78, 5) is 0. The molecule has 1 nitrogen and oxygen atoms in total. The summed E-state index contributed by atoms with van der Waals surface area (Å²) < 4.78 is 13.7. The molecule has 0 atom stereocenters. The van der Waals surface area contributed by atoms with E-state index in [1.807, 2.05) is 0 Å². The first kappa shape index (κ1) is 15.0. The minimum atomic E-state index is -0.239. The van der Waals surface area contributed by atoms with Crippen LogP contribution in [0.3, 0.4) is 0 Å². The molecule has 0 radical (unpaired) electrons. The third-order valence-electron chi connectivity index (χ3n) is 3.23. The lowest BCUT2D eigenvalue weighted by molar-refractivity contribution is 0.590. The first-order valence-corrected chi connectivity index (χ1v) is 7.44. The lowest BCUT2D eigenvalue weighted by Crippen LogP contribution is -2.11. The Balaban J connectivity index is 2.04. The second-order valence-electron chi connectivity index (χ2n) is 5.92. The molecule has 0 bridgehead atoms. The van der Waals surface area contributed by atoms with E-state index in [9.17, 15) is 4.39 Å². The molecule has 0 unspecified atom stereocenters. The highest BCUT2D eigenvalue weighted by Gasteiger charge is 2.12. The average Bonchev–Trinajstić information content (AvgIpc) is 2.37. The molecule has 0 aromatic heterocycles. The number of hydrogen-bond acceptors (Lipinski definition) is 1. The van der Waals surface area contributed by atoms with Crippen LogP contribution in [0.1, 0.15) is 31.9 Å². The van der Waals surface area contributed by atoms with Crippen LogP contribution in [-0.2, 0) is 12.0 Å². The number of halogens is 2. The molecule has 0 aliphatic heterocycles. The molecule has 2 rings (SSSR count). The molecule has 2 aromatic carbocycles. The number of anilines is 1. The minimum Gasteiger partial charge on any atom is -0.380 e. The lowest BCUT2D eigenvalue weighted by atomic mass is 9.87. The van der Waals surface area contributed by atoms with E-state index in [0.29, 0.717) is 6.54 Å². The van der Waals surface area contributed by atoms with Crippen LogP contribution in [0.4, 0.5) is 10.1 Å². The zero-order chi connectivity index (χ0) is 14.8. The van der Waals surface area contributed by atoms with E-state index in [4.69, 9.17) is 0 Å². The van der Waals surface area contributed by atoms with Crippen molar-refractivity contribution in [3.8, 4) is 0 Å². The van der Waals surface area contributed by atoms with E-state index in [0.717, 1.165) is 10.2 Å². The van der Waals surface area contributed by atoms with Gasteiger partial charge in [0.15, 0.2) is 0 Å². The maximum Gasteiger partial charge on any atom is 0.124 e. The Kier molecular flexibility index (Phi) is 4.48. The fraction of sp³-hybridized carbons (Fsp3) is 0.294. The molecule has 0 spiro atoms. The van der Waals surface area contributed by atoms with Crippen LogP contribution >= 0.6 is 15.9 Å². The minimum absolute atomic E-state index is 0.173. The number of benzene rings is 2. The molecule has 0 fully saturated rings. The number of rotatable bonds is 3. The van der Waals surface area contributed by atoms with Crippen molar-refractivity contribution in [1.29, 1.82) is 0 Å². The van der Waals surface area contributed by atoms with Crippen molar-refractivity contribution < 1.29 is 4.39 Å². The third kappa shape index (κ3) is 3.83. The van der Waals surface area contributed by atoms with Gasteiger partial charge in [-0.1, -0.05) is 45.0 Å². The summed E-state index contributed by atoms with van der Waals surface area (Å²) in [6.45, 7) is 7.33. The van der Waals surface area contributed by atoms with Crippen molar-refractivity contribution in [3.63, 3.8) is 0 Å². The van der Waals surface area contributed by atoms with Crippen LogP contribution in [0, 0.1) is 5.82 Å². The molecule has 1 N–H and O–H groups in total. The lowest BCUT2D eigenvalue weighted by Gasteiger charge is -2.19. The van der Waals surface area contributed by atoms with Crippen LogP contribution < -0.4 is 5.32 Å². The van der Waals surface area contributed by atoms with Crippen molar-refractivity contribution in [3.05, 3.63) is 63.9 Å². The van der Waals surface area contributed by atoms with Gasteiger partial charge in [0.1, 0.15) is 5.82 Å². The molecular formula is C17H19BrFN. The van der Waals surface area contributed by atoms with Gasteiger partial charge in [0.2, 0.25) is 0 Å². The molecule has 20 heavy (non-hydrogen) atoms. The molecule has 106 valence electrons. The van der Waals surface area contributed by atoms with E-state index in [2.05, 4.69) is 66.3 Å². The van der Waals surface area contributed by atoms with Gasteiger partial charge in [-0.05, 0) is 50.7 Å². The van der Waals surface area contributed by atoms with Gasteiger partial charge in [0.25, 0.3) is 0 Å². The Morgan fingerprint density at radius 1 is 1.05 bits per heavy atom.